The van der Waals surface area contributed by atoms with E-state index < -0.39 is 0 Å². The summed E-state index contributed by atoms with van der Waals surface area (Å²) in [5, 5.41) is 0.519. The molecular formula is C11H11BrClNO2. The van der Waals surface area contributed by atoms with Crippen molar-refractivity contribution in [2.24, 2.45) is 0 Å². The number of hydrogen-bond acceptors (Lipinski definition) is 2. The molecule has 1 atom stereocenters. The molecule has 0 aliphatic carbocycles. The number of methoxy groups -OCH3 is 1. The van der Waals surface area contributed by atoms with Crippen molar-refractivity contribution in [3.05, 3.63) is 23.2 Å². The van der Waals surface area contributed by atoms with E-state index in [1.165, 1.54) is 0 Å². The van der Waals surface area contributed by atoms with Gasteiger partial charge in [-0.3, -0.25) is 4.79 Å². The van der Waals surface area contributed by atoms with Crippen molar-refractivity contribution >= 4 is 39.1 Å². The number of amides is 1. The molecule has 0 N–H and O–H groups in total. The van der Waals surface area contributed by atoms with Gasteiger partial charge in [-0.15, -0.1) is 0 Å². The smallest absolute Gasteiger partial charge is 0.228 e. The molecule has 5 heteroatoms. The van der Waals surface area contributed by atoms with Gasteiger partial charge in [0, 0.05) is 17.8 Å². The fraction of sp³-hybridized carbons (Fsp3) is 0.364. The van der Waals surface area contributed by atoms with Gasteiger partial charge < -0.3 is 9.64 Å². The average Bonchev–Trinajstić information content (AvgIpc) is 2.57. The van der Waals surface area contributed by atoms with Gasteiger partial charge in [-0.05, 0) is 12.1 Å². The SMILES string of the molecule is COc1c(Cl)cccc1N1CC(Br)CC1=O. The van der Waals surface area contributed by atoms with Crippen LogP contribution in [-0.4, -0.2) is 24.4 Å². The van der Waals surface area contributed by atoms with Crippen molar-refractivity contribution in [2.75, 3.05) is 18.6 Å². The Morgan fingerprint density at radius 3 is 2.88 bits per heavy atom. The maximum Gasteiger partial charge on any atom is 0.228 e. The van der Waals surface area contributed by atoms with Crippen molar-refractivity contribution in [1.29, 1.82) is 0 Å². The van der Waals surface area contributed by atoms with E-state index in [0.29, 0.717) is 23.7 Å². The maximum atomic E-state index is 11.8. The molecule has 1 saturated heterocycles. The highest BCUT2D eigenvalue weighted by Gasteiger charge is 2.30. The molecule has 86 valence electrons. The molecule has 0 spiro atoms. The normalized spacial score (nSPS) is 20.3. The number of benzene rings is 1. The average molecular weight is 305 g/mol. The van der Waals surface area contributed by atoms with Crippen LogP contribution in [0, 0.1) is 0 Å². The van der Waals surface area contributed by atoms with Gasteiger partial charge in [0.25, 0.3) is 0 Å². The first kappa shape index (κ1) is 11.7. The monoisotopic (exact) mass is 303 g/mol. The summed E-state index contributed by atoms with van der Waals surface area (Å²) >= 11 is 9.46. The minimum atomic E-state index is 0.0856. The molecule has 1 heterocycles. The van der Waals surface area contributed by atoms with Gasteiger partial charge in [0.05, 0.1) is 17.8 Å². The van der Waals surface area contributed by atoms with Gasteiger partial charge in [-0.2, -0.15) is 0 Å². The molecule has 0 radical (unpaired) electrons. The van der Waals surface area contributed by atoms with Crippen LogP contribution < -0.4 is 9.64 Å². The second-order valence-corrected chi connectivity index (χ2v) is 5.30. The first-order valence-electron chi connectivity index (χ1n) is 4.90. The third-order valence-corrected chi connectivity index (χ3v) is 3.43. The number of para-hydroxylation sites is 1. The third-order valence-electron chi connectivity index (χ3n) is 2.52. The number of carbonyl (C=O) groups excluding carboxylic acids is 1. The first-order chi connectivity index (χ1) is 7.63. The quantitative estimate of drug-likeness (QED) is 0.786. The number of halogens is 2. The van der Waals surface area contributed by atoms with Crippen LogP contribution in [0.5, 0.6) is 5.75 Å². The van der Waals surface area contributed by atoms with Crippen LogP contribution >= 0.6 is 27.5 Å². The summed E-state index contributed by atoms with van der Waals surface area (Å²) in [7, 11) is 1.55. The van der Waals surface area contributed by atoms with E-state index in [-0.39, 0.29) is 10.7 Å². The maximum absolute atomic E-state index is 11.8. The van der Waals surface area contributed by atoms with Crippen molar-refractivity contribution in [3.63, 3.8) is 0 Å². The number of alkyl halides is 1. The highest BCUT2D eigenvalue weighted by Crippen LogP contribution is 2.37. The van der Waals surface area contributed by atoms with E-state index >= 15 is 0 Å². The van der Waals surface area contributed by atoms with Crippen molar-refractivity contribution in [1.82, 2.24) is 0 Å². The molecule has 1 amide bonds. The fourth-order valence-electron chi connectivity index (χ4n) is 1.81. The van der Waals surface area contributed by atoms with Crippen LogP contribution in [0.1, 0.15) is 6.42 Å². The van der Waals surface area contributed by atoms with Crippen LogP contribution in [0.3, 0.4) is 0 Å². The molecular weight excluding hydrogens is 293 g/mol. The first-order valence-corrected chi connectivity index (χ1v) is 6.19. The van der Waals surface area contributed by atoms with Crippen LogP contribution in [0.25, 0.3) is 0 Å². The number of carbonyl (C=O) groups is 1. The third kappa shape index (κ3) is 2.04. The van der Waals surface area contributed by atoms with Gasteiger partial charge in [0.2, 0.25) is 5.91 Å². The van der Waals surface area contributed by atoms with Gasteiger partial charge >= 0.3 is 0 Å². The van der Waals surface area contributed by atoms with Gasteiger partial charge in [0.1, 0.15) is 0 Å². The molecule has 1 fully saturated rings. The fourth-order valence-corrected chi connectivity index (χ4v) is 2.62. The van der Waals surface area contributed by atoms with Crippen molar-refractivity contribution < 1.29 is 9.53 Å². The standard InChI is InChI=1S/C11H11BrClNO2/c1-16-11-8(13)3-2-4-9(11)14-6-7(12)5-10(14)15/h2-4,7H,5-6H2,1H3. The zero-order chi connectivity index (χ0) is 11.7. The Morgan fingerprint density at radius 1 is 1.56 bits per heavy atom. The number of hydrogen-bond donors (Lipinski definition) is 0. The van der Waals surface area contributed by atoms with E-state index in [1.54, 1.807) is 18.1 Å². The van der Waals surface area contributed by atoms with E-state index in [2.05, 4.69) is 15.9 Å². The zero-order valence-electron chi connectivity index (χ0n) is 8.74. The van der Waals surface area contributed by atoms with E-state index in [9.17, 15) is 4.79 Å². The summed E-state index contributed by atoms with van der Waals surface area (Å²) in [6.07, 6.45) is 0.510. The summed E-state index contributed by atoms with van der Waals surface area (Å²) < 4.78 is 5.23. The molecule has 3 nitrogen and oxygen atoms in total. The molecule has 1 unspecified atom stereocenters. The Kier molecular flexibility index (Phi) is 3.40. The minimum Gasteiger partial charge on any atom is -0.493 e. The Labute approximate surface area is 107 Å². The van der Waals surface area contributed by atoms with Crippen molar-refractivity contribution in [3.8, 4) is 5.75 Å². The summed E-state index contributed by atoms with van der Waals surface area (Å²) in [5.41, 5.74) is 0.738. The summed E-state index contributed by atoms with van der Waals surface area (Å²) in [6, 6.07) is 5.40. The van der Waals surface area contributed by atoms with Crippen LogP contribution in [0.2, 0.25) is 5.02 Å². The molecule has 1 aliphatic rings. The molecule has 0 saturated carbocycles. The van der Waals surface area contributed by atoms with Crippen LogP contribution in [0.15, 0.2) is 18.2 Å². The highest BCUT2D eigenvalue weighted by atomic mass is 79.9. The topological polar surface area (TPSA) is 29.5 Å². The van der Waals surface area contributed by atoms with Crippen LogP contribution in [0.4, 0.5) is 5.69 Å². The summed E-state index contributed by atoms with van der Waals surface area (Å²) in [5.74, 6) is 0.640. The molecule has 16 heavy (non-hydrogen) atoms. The molecule has 1 aromatic carbocycles. The largest absolute Gasteiger partial charge is 0.493 e. The molecule has 2 rings (SSSR count). The lowest BCUT2D eigenvalue weighted by molar-refractivity contribution is -0.117. The lowest BCUT2D eigenvalue weighted by Gasteiger charge is -2.19. The molecule has 0 bridgehead atoms. The number of rotatable bonds is 2. The number of ether oxygens (including phenoxy) is 1. The second kappa shape index (κ2) is 4.63. The Morgan fingerprint density at radius 2 is 2.31 bits per heavy atom. The van der Waals surface area contributed by atoms with Gasteiger partial charge in [0.15, 0.2) is 5.75 Å². The minimum absolute atomic E-state index is 0.0856. The summed E-state index contributed by atoms with van der Waals surface area (Å²) in [4.78, 5) is 13.7. The Hall–Kier alpha value is -0.740. The number of anilines is 1. The highest BCUT2D eigenvalue weighted by molar-refractivity contribution is 9.09. The van der Waals surface area contributed by atoms with E-state index in [1.807, 2.05) is 12.1 Å². The number of nitrogens with zero attached hydrogens (tertiary/aromatic N) is 1. The van der Waals surface area contributed by atoms with E-state index in [4.69, 9.17) is 16.3 Å². The molecule has 1 aliphatic heterocycles. The molecule has 0 aromatic heterocycles. The van der Waals surface area contributed by atoms with Gasteiger partial charge in [-0.25, -0.2) is 0 Å². The summed E-state index contributed by atoms with van der Waals surface area (Å²) in [6.45, 7) is 0.648. The Bertz CT molecular complexity index is 424. The Balaban J connectivity index is 2.40. The van der Waals surface area contributed by atoms with Crippen LogP contribution in [-0.2, 0) is 4.79 Å². The lowest BCUT2D eigenvalue weighted by Crippen LogP contribution is -2.25. The second-order valence-electron chi connectivity index (χ2n) is 3.60. The van der Waals surface area contributed by atoms with Crippen molar-refractivity contribution in [2.45, 2.75) is 11.2 Å². The molecule has 1 aromatic rings. The van der Waals surface area contributed by atoms with Gasteiger partial charge in [-0.1, -0.05) is 33.6 Å². The zero-order valence-corrected chi connectivity index (χ0v) is 11.1. The van der Waals surface area contributed by atoms with E-state index in [0.717, 1.165) is 5.69 Å². The lowest BCUT2D eigenvalue weighted by atomic mass is 10.2. The predicted octanol–water partition coefficient (Wildman–Crippen LogP) is 2.85. The predicted molar refractivity (Wildman–Crippen MR) is 67.7 cm³/mol.